The Bertz CT molecular complexity index is 854. The van der Waals surface area contributed by atoms with Crippen molar-refractivity contribution in [2.75, 3.05) is 0 Å². The largest absolute Gasteiger partial charge is 0.416 e. The summed E-state index contributed by atoms with van der Waals surface area (Å²) in [5, 5.41) is -0.389. The van der Waals surface area contributed by atoms with E-state index in [1.807, 2.05) is 28.8 Å². The third-order valence-electron chi connectivity index (χ3n) is 3.81. The summed E-state index contributed by atoms with van der Waals surface area (Å²) in [5.74, 6) is 1.44. The van der Waals surface area contributed by atoms with Gasteiger partial charge in [-0.05, 0) is 23.8 Å². The van der Waals surface area contributed by atoms with Crippen molar-refractivity contribution >= 4 is 22.8 Å². The van der Waals surface area contributed by atoms with Gasteiger partial charge in [-0.25, -0.2) is 4.98 Å². The number of aromatic nitrogens is 2. The lowest BCUT2D eigenvalue weighted by atomic mass is 10.1. The summed E-state index contributed by atoms with van der Waals surface area (Å²) in [7, 11) is 0. The first-order valence-electron chi connectivity index (χ1n) is 6.79. The Hall–Kier alpha value is -1.95. The minimum absolute atomic E-state index is 0.293. The molecule has 0 fully saturated rings. The molecule has 0 bridgehead atoms. The molecule has 1 atom stereocenters. The van der Waals surface area contributed by atoms with Crippen LogP contribution in [0.5, 0.6) is 0 Å². The topological polar surface area (TPSA) is 17.8 Å². The second-order valence-electron chi connectivity index (χ2n) is 5.14. The van der Waals surface area contributed by atoms with Crippen molar-refractivity contribution in [1.29, 1.82) is 0 Å². The highest BCUT2D eigenvalue weighted by Gasteiger charge is 2.37. The van der Waals surface area contributed by atoms with Gasteiger partial charge in [0.15, 0.2) is 0 Å². The van der Waals surface area contributed by atoms with Crippen LogP contribution in [0.2, 0.25) is 0 Å². The minimum Gasteiger partial charge on any atom is -0.310 e. The van der Waals surface area contributed by atoms with E-state index in [1.54, 1.807) is 12.1 Å². The molecule has 3 aromatic rings. The number of imidazole rings is 1. The van der Waals surface area contributed by atoms with E-state index < -0.39 is 11.7 Å². The number of alkyl halides is 3. The van der Waals surface area contributed by atoms with Crippen LogP contribution in [-0.2, 0) is 11.9 Å². The van der Waals surface area contributed by atoms with E-state index in [4.69, 9.17) is 0 Å². The van der Waals surface area contributed by atoms with Crippen molar-refractivity contribution in [2.24, 2.45) is 0 Å². The average molecular weight is 320 g/mol. The third-order valence-corrected chi connectivity index (χ3v) is 5.01. The van der Waals surface area contributed by atoms with Crippen molar-refractivity contribution in [3.63, 3.8) is 0 Å². The van der Waals surface area contributed by atoms with Crippen LogP contribution in [-0.4, -0.2) is 9.55 Å². The molecule has 1 aliphatic rings. The zero-order chi connectivity index (χ0) is 15.3. The van der Waals surface area contributed by atoms with Crippen molar-refractivity contribution < 1.29 is 13.2 Å². The van der Waals surface area contributed by atoms with E-state index in [0.717, 1.165) is 22.9 Å². The van der Waals surface area contributed by atoms with Crippen LogP contribution in [0.25, 0.3) is 11.0 Å². The average Bonchev–Trinajstić information content (AvgIpc) is 3.05. The van der Waals surface area contributed by atoms with E-state index in [-0.39, 0.29) is 5.37 Å². The van der Waals surface area contributed by atoms with Gasteiger partial charge < -0.3 is 4.57 Å². The zero-order valence-corrected chi connectivity index (χ0v) is 12.2. The van der Waals surface area contributed by atoms with Gasteiger partial charge in [0.05, 0.1) is 22.3 Å². The maximum atomic E-state index is 13.3. The van der Waals surface area contributed by atoms with Crippen LogP contribution in [0.1, 0.15) is 22.3 Å². The number of hydrogen-bond acceptors (Lipinski definition) is 2. The molecule has 0 saturated carbocycles. The monoisotopic (exact) mass is 320 g/mol. The van der Waals surface area contributed by atoms with Crippen molar-refractivity contribution in [3.05, 3.63) is 65.5 Å². The third kappa shape index (κ3) is 2.01. The molecule has 0 saturated heterocycles. The first-order valence-corrected chi connectivity index (χ1v) is 7.84. The molecule has 0 spiro atoms. The molecule has 1 aromatic heterocycles. The number of hydrogen-bond donors (Lipinski definition) is 0. The van der Waals surface area contributed by atoms with Crippen molar-refractivity contribution in [1.82, 2.24) is 9.55 Å². The summed E-state index contributed by atoms with van der Waals surface area (Å²) >= 11 is 1.48. The Morgan fingerprint density at radius 3 is 2.59 bits per heavy atom. The van der Waals surface area contributed by atoms with Gasteiger partial charge in [-0.2, -0.15) is 13.2 Å². The molecule has 2 nitrogen and oxygen atoms in total. The fourth-order valence-corrected chi connectivity index (χ4v) is 4.17. The van der Waals surface area contributed by atoms with Crippen molar-refractivity contribution in [3.8, 4) is 0 Å². The maximum absolute atomic E-state index is 13.3. The highest BCUT2D eigenvalue weighted by molar-refractivity contribution is 7.99. The van der Waals surface area contributed by atoms with Gasteiger partial charge in [0.1, 0.15) is 11.2 Å². The quantitative estimate of drug-likeness (QED) is 0.638. The fourth-order valence-electron chi connectivity index (χ4n) is 2.89. The van der Waals surface area contributed by atoms with E-state index in [1.165, 1.54) is 17.8 Å². The number of rotatable bonds is 1. The molecule has 112 valence electrons. The molecule has 22 heavy (non-hydrogen) atoms. The summed E-state index contributed by atoms with van der Waals surface area (Å²) in [6.45, 7) is 0. The molecular formula is C16H11F3N2S. The van der Waals surface area contributed by atoms with Crippen LogP contribution in [0.3, 0.4) is 0 Å². The normalized spacial score (nSPS) is 17.9. The number of para-hydroxylation sites is 2. The summed E-state index contributed by atoms with van der Waals surface area (Å²) in [6, 6.07) is 13.3. The van der Waals surface area contributed by atoms with Gasteiger partial charge in [-0.15, -0.1) is 11.8 Å². The predicted octanol–water partition coefficient (Wildman–Crippen LogP) is 4.85. The highest BCUT2D eigenvalue weighted by Crippen LogP contribution is 2.46. The summed E-state index contributed by atoms with van der Waals surface area (Å²) in [4.78, 5) is 4.52. The molecule has 0 amide bonds. The maximum Gasteiger partial charge on any atom is 0.416 e. The Balaban J connectivity index is 1.92. The Morgan fingerprint density at radius 2 is 1.77 bits per heavy atom. The van der Waals surface area contributed by atoms with Crippen molar-refractivity contribution in [2.45, 2.75) is 17.3 Å². The lowest BCUT2D eigenvalue weighted by Gasteiger charge is -2.19. The Morgan fingerprint density at radius 1 is 1.05 bits per heavy atom. The van der Waals surface area contributed by atoms with Crippen LogP contribution in [0.4, 0.5) is 13.2 Å². The molecule has 0 aliphatic carbocycles. The van der Waals surface area contributed by atoms with Crippen LogP contribution in [0, 0.1) is 0 Å². The minimum atomic E-state index is -4.35. The summed E-state index contributed by atoms with van der Waals surface area (Å²) in [6.07, 6.45) is -4.35. The second kappa shape index (κ2) is 4.78. The number of benzene rings is 2. The van der Waals surface area contributed by atoms with E-state index in [2.05, 4.69) is 4.98 Å². The van der Waals surface area contributed by atoms with Gasteiger partial charge >= 0.3 is 6.18 Å². The standard InChI is InChI=1S/C16H11F3N2S/c17-16(18,19)11-6-2-1-5-10(11)15-21-13-8-4-3-7-12(13)20-14(21)9-22-15/h1-8,15H,9H2. The molecule has 2 heterocycles. The second-order valence-corrected chi connectivity index (χ2v) is 6.20. The SMILES string of the molecule is FC(F)(F)c1ccccc1C1SCc2nc3ccccc3n21. The molecular weight excluding hydrogens is 309 g/mol. The molecule has 0 N–H and O–H groups in total. The van der Waals surface area contributed by atoms with Gasteiger partial charge in [0, 0.05) is 0 Å². The first-order chi connectivity index (χ1) is 10.6. The van der Waals surface area contributed by atoms with Gasteiger partial charge in [0.25, 0.3) is 0 Å². The molecule has 1 aliphatic heterocycles. The van der Waals surface area contributed by atoms with E-state index in [0.29, 0.717) is 11.3 Å². The van der Waals surface area contributed by atoms with Gasteiger partial charge in [-0.1, -0.05) is 30.3 Å². The number of thioether (sulfide) groups is 1. The number of fused-ring (bicyclic) bond motifs is 3. The Kier molecular flexibility index (Phi) is 2.97. The number of halogens is 3. The fraction of sp³-hybridized carbons (Fsp3) is 0.188. The molecule has 0 radical (unpaired) electrons. The van der Waals surface area contributed by atoms with Gasteiger partial charge in [0.2, 0.25) is 0 Å². The van der Waals surface area contributed by atoms with Crippen LogP contribution >= 0.6 is 11.8 Å². The number of nitrogens with zero attached hydrogens (tertiary/aromatic N) is 2. The molecule has 1 unspecified atom stereocenters. The molecule has 6 heteroatoms. The lowest BCUT2D eigenvalue weighted by molar-refractivity contribution is -0.138. The highest BCUT2D eigenvalue weighted by atomic mass is 32.2. The predicted molar refractivity (Wildman–Crippen MR) is 80.6 cm³/mol. The molecule has 2 aromatic carbocycles. The van der Waals surface area contributed by atoms with Crippen LogP contribution < -0.4 is 0 Å². The smallest absolute Gasteiger partial charge is 0.310 e. The first kappa shape index (κ1) is 13.7. The van der Waals surface area contributed by atoms with E-state index in [9.17, 15) is 13.2 Å². The van der Waals surface area contributed by atoms with Crippen LogP contribution in [0.15, 0.2) is 48.5 Å². The zero-order valence-electron chi connectivity index (χ0n) is 11.3. The Labute approximate surface area is 129 Å². The molecule has 4 rings (SSSR count). The lowest BCUT2D eigenvalue weighted by Crippen LogP contribution is -2.13. The summed E-state index contributed by atoms with van der Waals surface area (Å²) < 4.78 is 41.8. The summed E-state index contributed by atoms with van der Waals surface area (Å²) in [5.41, 5.74) is 1.43. The van der Waals surface area contributed by atoms with Gasteiger partial charge in [-0.3, -0.25) is 0 Å². The van der Waals surface area contributed by atoms with E-state index >= 15 is 0 Å².